The summed E-state index contributed by atoms with van der Waals surface area (Å²) in [5, 5.41) is 0. The van der Waals surface area contributed by atoms with Crippen LogP contribution in [-0.2, 0) is 14.9 Å². The van der Waals surface area contributed by atoms with E-state index in [2.05, 4.69) is 6.92 Å². The molecule has 0 aromatic carbocycles. The summed E-state index contributed by atoms with van der Waals surface area (Å²) in [6, 6.07) is 0. The second-order valence-corrected chi connectivity index (χ2v) is 4.64. The first-order valence-corrected chi connectivity index (χ1v) is 6.25. The van der Waals surface area contributed by atoms with E-state index in [9.17, 15) is 13.2 Å². The first kappa shape index (κ1) is 15.8. The van der Waals surface area contributed by atoms with Crippen LogP contribution < -0.4 is 5.73 Å². The van der Waals surface area contributed by atoms with Crippen molar-refractivity contribution in [2.75, 3.05) is 6.26 Å². The van der Waals surface area contributed by atoms with Crippen LogP contribution in [0.3, 0.4) is 0 Å². The predicted molar refractivity (Wildman–Crippen MR) is 55.4 cm³/mol. The normalized spacial score (nSPS) is 12.6. The zero-order valence-electron chi connectivity index (χ0n) is 8.86. The van der Waals surface area contributed by atoms with Gasteiger partial charge in [0, 0.05) is 5.92 Å². The molecule has 0 bridgehead atoms. The molecule has 0 aliphatic carbocycles. The molecule has 6 heteroatoms. The van der Waals surface area contributed by atoms with Gasteiger partial charge < -0.3 is 5.73 Å². The molecule has 0 heterocycles. The van der Waals surface area contributed by atoms with Gasteiger partial charge in [-0.15, -0.1) is 0 Å². The molecule has 0 radical (unpaired) electrons. The molecular weight excluding hydrogens is 206 g/mol. The van der Waals surface area contributed by atoms with E-state index in [1.54, 1.807) is 0 Å². The van der Waals surface area contributed by atoms with Gasteiger partial charge in [-0.2, -0.15) is 8.42 Å². The van der Waals surface area contributed by atoms with Crippen molar-refractivity contribution in [2.45, 2.75) is 33.1 Å². The number of unbranched alkanes of at least 4 members (excludes halogenated alkanes) is 1. The van der Waals surface area contributed by atoms with Crippen LogP contribution >= 0.6 is 0 Å². The van der Waals surface area contributed by atoms with E-state index in [-0.39, 0.29) is 11.8 Å². The van der Waals surface area contributed by atoms with Gasteiger partial charge in [0.1, 0.15) is 0 Å². The predicted octanol–water partition coefficient (Wildman–Crippen LogP) is 0.802. The van der Waals surface area contributed by atoms with Crippen molar-refractivity contribution in [1.29, 1.82) is 0 Å². The van der Waals surface area contributed by atoms with Gasteiger partial charge >= 0.3 is 0 Å². The van der Waals surface area contributed by atoms with Gasteiger partial charge in [0.25, 0.3) is 10.1 Å². The largest absolute Gasteiger partial charge is 0.369 e. The molecule has 0 aliphatic heterocycles. The molecule has 1 amide bonds. The first-order valence-electron chi connectivity index (χ1n) is 4.40. The van der Waals surface area contributed by atoms with Gasteiger partial charge in [-0.1, -0.05) is 26.7 Å². The highest BCUT2D eigenvalue weighted by Crippen LogP contribution is 2.05. The Bertz CT molecular complexity index is 240. The molecule has 0 aliphatic rings. The van der Waals surface area contributed by atoms with Gasteiger partial charge in [0.2, 0.25) is 5.91 Å². The molecule has 0 saturated heterocycles. The minimum absolute atomic E-state index is 0.0601. The summed E-state index contributed by atoms with van der Waals surface area (Å²) in [6.45, 7) is 3.98. The van der Waals surface area contributed by atoms with Crippen LogP contribution in [-0.4, -0.2) is 25.1 Å². The van der Waals surface area contributed by atoms with Gasteiger partial charge in [-0.25, -0.2) is 0 Å². The highest BCUT2D eigenvalue weighted by molar-refractivity contribution is 7.85. The number of hydrogen-bond acceptors (Lipinski definition) is 3. The summed E-state index contributed by atoms with van der Waals surface area (Å²) in [7, 11) is -3.67. The summed E-state index contributed by atoms with van der Waals surface area (Å²) < 4.78 is 25.9. The lowest BCUT2D eigenvalue weighted by Gasteiger charge is -2.03. The highest BCUT2D eigenvalue weighted by Gasteiger charge is 2.05. The molecule has 1 unspecified atom stereocenters. The fourth-order valence-corrected chi connectivity index (χ4v) is 0.653. The Balaban J connectivity index is 0. The second-order valence-electron chi connectivity index (χ2n) is 3.18. The minimum Gasteiger partial charge on any atom is -0.369 e. The molecule has 3 N–H and O–H groups in total. The van der Waals surface area contributed by atoms with E-state index in [1.807, 2.05) is 6.92 Å². The molecule has 14 heavy (non-hydrogen) atoms. The zero-order valence-corrected chi connectivity index (χ0v) is 9.67. The molecule has 1 atom stereocenters. The number of nitrogens with two attached hydrogens (primary N) is 1. The summed E-state index contributed by atoms with van der Waals surface area (Å²) in [5.41, 5.74) is 5.04. The summed E-state index contributed by atoms with van der Waals surface area (Å²) in [4.78, 5) is 10.4. The summed E-state index contributed by atoms with van der Waals surface area (Å²) in [5.74, 6) is -0.117. The lowest BCUT2D eigenvalue weighted by molar-refractivity contribution is -0.121. The van der Waals surface area contributed by atoms with Crippen molar-refractivity contribution < 1.29 is 17.8 Å². The number of carbonyl (C=O) groups excluding carboxylic acids is 1. The molecule has 0 spiro atoms. The van der Waals surface area contributed by atoms with Crippen LogP contribution in [0.2, 0.25) is 0 Å². The Morgan fingerprint density at radius 1 is 1.50 bits per heavy atom. The number of amides is 1. The van der Waals surface area contributed by atoms with Crippen LogP contribution in [0.5, 0.6) is 0 Å². The van der Waals surface area contributed by atoms with Crippen LogP contribution in [0.4, 0.5) is 0 Å². The van der Waals surface area contributed by atoms with Crippen molar-refractivity contribution in [1.82, 2.24) is 0 Å². The minimum atomic E-state index is -3.67. The Hall–Kier alpha value is -0.620. The third-order valence-electron chi connectivity index (χ3n) is 1.48. The fraction of sp³-hybridized carbons (Fsp3) is 0.875. The van der Waals surface area contributed by atoms with Crippen molar-refractivity contribution in [3.05, 3.63) is 0 Å². The summed E-state index contributed by atoms with van der Waals surface area (Å²) in [6.07, 6.45) is 3.89. The number of hydrogen-bond donors (Lipinski definition) is 2. The highest BCUT2D eigenvalue weighted by atomic mass is 32.2. The Kier molecular flexibility index (Phi) is 8.77. The van der Waals surface area contributed by atoms with Crippen molar-refractivity contribution in [3.63, 3.8) is 0 Å². The Morgan fingerprint density at radius 2 is 1.86 bits per heavy atom. The molecule has 5 nitrogen and oxygen atoms in total. The quantitative estimate of drug-likeness (QED) is 0.691. The molecule has 86 valence electrons. The van der Waals surface area contributed by atoms with Gasteiger partial charge in [0.15, 0.2) is 0 Å². The monoisotopic (exact) mass is 225 g/mol. The van der Waals surface area contributed by atoms with Gasteiger partial charge in [-0.05, 0) is 6.42 Å². The van der Waals surface area contributed by atoms with Gasteiger partial charge in [0.05, 0.1) is 6.26 Å². The molecular formula is C8H19NO4S. The van der Waals surface area contributed by atoms with E-state index in [4.69, 9.17) is 10.3 Å². The van der Waals surface area contributed by atoms with Crippen molar-refractivity contribution >= 4 is 16.0 Å². The molecule has 0 saturated carbocycles. The summed E-state index contributed by atoms with van der Waals surface area (Å²) >= 11 is 0. The Morgan fingerprint density at radius 3 is 2.07 bits per heavy atom. The fourth-order valence-electron chi connectivity index (χ4n) is 0.653. The van der Waals surface area contributed by atoms with Crippen LogP contribution in [0.1, 0.15) is 33.1 Å². The maximum Gasteiger partial charge on any atom is 0.261 e. The third-order valence-corrected chi connectivity index (χ3v) is 1.48. The third kappa shape index (κ3) is 22.5. The standard InChI is InChI=1S/C7H15NO.CH4O3S/c1-3-4-5-6(2)7(8)9;1-5(2,3)4/h6H,3-5H2,1-2H3,(H2,8,9);1H3,(H,2,3,4). The van der Waals surface area contributed by atoms with E-state index in [0.29, 0.717) is 6.26 Å². The van der Waals surface area contributed by atoms with E-state index < -0.39 is 10.1 Å². The van der Waals surface area contributed by atoms with Crippen LogP contribution in [0.25, 0.3) is 0 Å². The van der Waals surface area contributed by atoms with E-state index in [0.717, 1.165) is 19.3 Å². The second kappa shape index (κ2) is 7.75. The molecule has 0 fully saturated rings. The van der Waals surface area contributed by atoms with Gasteiger partial charge in [-0.3, -0.25) is 9.35 Å². The van der Waals surface area contributed by atoms with Crippen molar-refractivity contribution in [2.24, 2.45) is 11.7 Å². The maximum atomic E-state index is 10.4. The first-order chi connectivity index (χ1) is 6.18. The van der Waals surface area contributed by atoms with Crippen molar-refractivity contribution in [3.8, 4) is 0 Å². The lowest BCUT2D eigenvalue weighted by atomic mass is 10.0. The smallest absolute Gasteiger partial charge is 0.261 e. The lowest BCUT2D eigenvalue weighted by Crippen LogP contribution is -2.20. The van der Waals surface area contributed by atoms with Crippen LogP contribution in [0.15, 0.2) is 0 Å². The number of primary amides is 1. The average molecular weight is 225 g/mol. The molecule has 0 rings (SSSR count). The Labute approximate surface area is 85.4 Å². The number of carbonyl (C=O) groups is 1. The maximum absolute atomic E-state index is 10.4. The zero-order chi connectivity index (χ0) is 11.8. The number of rotatable bonds is 4. The van der Waals surface area contributed by atoms with E-state index >= 15 is 0 Å². The topological polar surface area (TPSA) is 97.5 Å². The SMILES string of the molecule is CCCCC(C)C(N)=O.CS(=O)(=O)O. The molecule has 0 aromatic heterocycles. The van der Waals surface area contributed by atoms with E-state index in [1.165, 1.54) is 0 Å². The molecule has 0 aromatic rings. The average Bonchev–Trinajstić information content (AvgIpc) is 1.96. The van der Waals surface area contributed by atoms with Crippen LogP contribution in [0, 0.1) is 5.92 Å².